The van der Waals surface area contributed by atoms with Crippen LogP contribution in [0.3, 0.4) is 0 Å². The molecule has 2 rings (SSSR count). The first-order chi connectivity index (χ1) is 10.0. The SMILES string of the molecule is NC(=O)c1cc(NC(=O)c2cccc(CCl)c2)ccc1Cl. The third-order valence-corrected chi connectivity index (χ3v) is 3.47. The van der Waals surface area contributed by atoms with Gasteiger partial charge in [-0.05, 0) is 35.9 Å². The van der Waals surface area contributed by atoms with Crippen LogP contribution in [0.25, 0.3) is 0 Å². The van der Waals surface area contributed by atoms with E-state index < -0.39 is 5.91 Å². The van der Waals surface area contributed by atoms with Gasteiger partial charge in [0, 0.05) is 17.1 Å². The van der Waals surface area contributed by atoms with Crippen LogP contribution in [0, 0.1) is 0 Å². The molecular formula is C15H12Cl2N2O2. The van der Waals surface area contributed by atoms with E-state index in [-0.39, 0.29) is 16.5 Å². The maximum atomic E-state index is 12.1. The summed E-state index contributed by atoms with van der Waals surface area (Å²) in [5.41, 5.74) is 7.13. The van der Waals surface area contributed by atoms with Gasteiger partial charge in [0.25, 0.3) is 5.91 Å². The molecule has 0 fully saturated rings. The van der Waals surface area contributed by atoms with Crippen LogP contribution in [0.2, 0.25) is 5.02 Å². The molecule has 0 aliphatic rings. The molecule has 0 spiro atoms. The third kappa shape index (κ3) is 3.74. The first kappa shape index (κ1) is 15.4. The number of anilines is 1. The molecule has 0 aliphatic heterocycles. The van der Waals surface area contributed by atoms with Crippen molar-refractivity contribution in [3.05, 3.63) is 64.2 Å². The second-order valence-corrected chi connectivity index (χ2v) is 5.02. The number of primary amides is 1. The summed E-state index contributed by atoms with van der Waals surface area (Å²) >= 11 is 11.6. The topological polar surface area (TPSA) is 72.2 Å². The van der Waals surface area contributed by atoms with Crippen LogP contribution in [0.4, 0.5) is 5.69 Å². The van der Waals surface area contributed by atoms with E-state index in [1.165, 1.54) is 12.1 Å². The van der Waals surface area contributed by atoms with Crippen molar-refractivity contribution in [2.75, 3.05) is 5.32 Å². The Morgan fingerprint density at radius 1 is 1.14 bits per heavy atom. The number of hydrogen-bond acceptors (Lipinski definition) is 2. The molecule has 0 heterocycles. The second-order valence-electron chi connectivity index (χ2n) is 4.35. The molecule has 0 aliphatic carbocycles. The number of carbonyl (C=O) groups excluding carboxylic acids is 2. The summed E-state index contributed by atoms with van der Waals surface area (Å²) in [4.78, 5) is 23.4. The zero-order valence-corrected chi connectivity index (χ0v) is 12.4. The van der Waals surface area contributed by atoms with Gasteiger partial charge >= 0.3 is 0 Å². The zero-order chi connectivity index (χ0) is 15.4. The summed E-state index contributed by atoms with van der Waals surface area (Å²) in [6.45, 7) is 0. The van der Waals surface area contributed by atoms with Crippen LogP contribution >= 0.6 is 23.2 Å². The molecular weight excluding hydrogens is 311 g/mol. The second kappa shape index (κ2) is 6.61. The van der Waals surface area contributed by atoms with Crippen molar-refractivity contribution < 1.29 is 9.59 Å². The molecule has 21 heavy (non-hydrogen) atoms. The molecule has 2 amide bonds. The highest BCUT2D eigenvalue weighted by molar-refractivity contribution is 6.34. The molecule has 0 atom stereocenters. The van der Waals surface area contributed by atoms with Crippen LogP contribution in [0.1, 0.15) is 26.3 Å². The lowest BCUT2D eigenvalue weighted by atomic mass is 10.1. The van der Waals surface area contributed by atoms with E-state index in [4.69, 9.17) is 28.9 Å². The fraction of sp³-hybridized carbons (Fsp3) is 0.0667. The minimum atomic E-state index is -0.653. The highest BCUT2D eigenvalue weighted by Gasteiger charge is 2.11. The summed E-state index contributed by atoms with van der Waals surface area (Å²) in [5.74, 6) is -0.631. The molecule has 4 nitrogen and oxygen atoms in total. The number of nitrogens with two attached hydrogens (primary N) is 1. The van der Waals surface area contributed by atoms with Crippen molar-refractivity contribution in [3.8, 4) is 0 Å². The number of halogens is 2. The van der Waals surface area contributed by atoms with E-state index in [9.17, 15) is 9.59 Å². The lowest BCUT2D eigenvalue weighted by molar-refractivity contribution is 0.0996. The number of hydrogen-bond donors (Lipinski definition) is 2. The first-order valence-corrected chi connectivity index (χ1v) is 6.98. The molecule has 0 aromatic heterocycles. The number of nitrogens with one attached hydrogen (secondary N) is 1. The molecule has 108 valence electrons. The molecule has 3 N–H and O–H groups in total. The number of benzene rings is 2. The van der Waals surface area contributed by atoms with Crippen LogP contribution in [-0.4, -0.2) is 11.8 Å². The van der Waals surface area contributed by atoms with Gasteiger partial charge in [-0.15, -0.1) is 11.6 Å². The third-order valence-electron chi connectivity index (χ3n) is 2.83. The van der Waals surface area contributed by atoms with Gasteiger partial charge in [-0.1, -0.05) is 23.7 Å². The van der Waals surface area contributed by atoms with Crippen molar-refractivity contribution >= 4 is 40.7 Å². The summed E-state index contributed by atoms with van der Waals surface area (Å²) in [5, 5.41) is 2.92. The Balaban J connectivity index is 2.23. The Labute approximate surface area is 131 Å². The summed E-state index contributed by atoms with van der Waals surface area (Å²) in [6, 6.07) is 11.5. The van der Waals surface area contributed by atoms with Gasteiger partial charge in [0.15, 0.2) is 0 Å². The minimum absolute atomic E-state index is 0.156. The van der Waals surface area contributed by atoms with E-state index >= 15 is 0 Å². The van der Waals surface area contributed by atoms with Crippen LogP contribution in [-0.2, 0) is 5.88 Å². The molecule has 0 saturated heterocycles. The summed E-state index contributed by atoms with van der Waals surface area (Å²) in [7, 11) is 0. The van der Waals surface area contributed by atoms with Crippen molar-refractivity contribution in [1.82, 2.24) is 0 Å². The number of alkyl halides is 1. The monoisotopic (exact) mass is 322 g/mol. The molecule has 0 unspecified atom stereocenters. The number of amides is 2. The number of rotatable bonds is 4. The van der Waals surface area contributed by atoms with Gasteiger partial charge < -0.3 is 11.1 Å². The predicted molar refractivity (Wildman–Crippen MR) is 83.9 cm³/mol. The van der Waals surface area contributed by atoms with Gasteiger partial charge in [-0.3, -0.25) is 9.59 Å². The maximum Gasteiger partial charge on any atom is 0.255 e. The van der Waals surface area contributed by atoms with E-state index in [1.54, 1.807) is 24.3 Å². The van der Waals surface area contributed by atoms with Crippen LogP contribution in [0.15, 0.2) is 42.5 Å². The Morgan fingerprint density at radius 3 is 2.57 bits per heavy atom. The van der Waals surface area contributed by atoms with Crippen molar-refractivity contribution in [3.63, 3.8) is 0 Å². The Morgan fingerprint density at radius 2 is 1.90 bits per heavy atom. The standard InChI is InChI=1S/C15H12Cl2N2O2/c16-8-9-2-1-3-10(6-9)15(21)19-11-4-5-13(17)12(7-11)14(18)20/h1-7H,8H2,(H2,18,20)(H,19,21). The minimum Gasteiger partial charge on any atom is -0.366 e. The smallest absolute Gasteiger partial charge is 0.255 e. The van der Waals surface area contributed by atoms with Crippen LogP contribution < -0.4 is 11.1 Å². The fourth-order valence-corrected chi connectivity index (χ4v) is 2.17. The quantitative estimate of drug-likeness (QED) is 0.846. The predicted octanol–water partition coefficient (Wildman–Crippen LogP) is 3.43. The maximum absolute atomic E-state index is 12.1. The van der Waals surface area contributed by atoms with Crippen molar-refractivity contribution in [1.29, 1.82) is 0 Å². The highest BCUT2D eigenvalue weighted by atomic mass is 35.5. The van der Waals surface area contributed by atoms with Crippen LogP contribution in [0.5, 0.6) is 0 Å². The fourth-order valence-electron chi connectivity index (χ4n) is 1.79. The lowest BCUT2D eigenvalue weighted by Crippen LogP contribution is -2.15. The Hall–Kier alpha value is -2.04. The van der Waals surface area contributed by atoms with E-state index in [1.807, 2.05) is 6.07 Å². The molecule has 6 heteroatoms. The lowest BCUT2D eigenvalue weighted by Gasteiger charge is -2.08. The van der Waals surface area contributed by atoms with E-state index in [0.717, 1.165) is 5.56 Å². The Bertz CT molecular complexity index is 702. The average molecular weight is 323 g/mol. The molecule has 2 aromatic carbocycles. The van der Waals surface area contributed by atoms with Gasteiger partial charge in [0.1, 0.15) is 0 Å². The van der Waals surface area contributed by atoms with Gasteiger partial charge in [-0.2, -0.15) is 0 Å². The van der Waals surface area contributed by atoms with Crippen molar-refractivity contribution in [2.45, 2.75) is 5.88 Å². The van der Waals surface area contributed by atoms with E-state index in [0.29, 0.717) is 17.1 Å². The largest absolute Gasteiger partial charge is 0.366 e. The average Bonchev–Trinajstić information content (AvgIpc) is 2.49. The summed E-state index contributed by atoms with van der Waals surface area (Å²) < 4.78 is 0. The highest BCUT2D eigenvalue weighted by Crippen LogP contribution is 2.21. The molecule has 0 radical (unpaired) electrons. The number of carbonyl (C=O) groups is 2. The Kier molecular flexibility index (Phi) is 4.83. The van der Waals surface area contributed by atoms with Gasteiger partial charge in [-0.25, -0.2) is 0 Å². The molecule has 0 saturated carbocycles. The zero-order valence-electron chi connectivity index (χ0n) is 10.9. The summed E-state index contributed by atoms with van der Waals surface area (Å²) in [6.07, 6.45) is 0. The van der Waals surface area contributed by atoms with E-state index in [2.05, 4.69) is 5.32 Å². The first-order valence-electron chi connectivity index (χ1n) is 6.07. The molecule has 2 aromatic rings. The van der Waals surface area contributed by atoms with Gasteiger partial charge in [0.2, 0.25) is 5.91 Å². The van der Waals surface area contributed by atoms with Gasteiger partial charge in [0.05, 0.1) is 10.6 Å². The molecule has 0 bridgehead atoms. The van der Waals surface area contributed by atoms with Crippen molar-refractivity contribution in [2.24, 2.45) is 5.73 Å². The normalized spacial score (nSPS) is 10.2.